The fourth-order valence-corrected chi connectivity index (χ4v) is 2.08. The molecular formula is C14H16N2O3. The number of aliphatic carboxylic acids is 1. The summed E-state index contributed by atoms with van der Waals surface area (Å²) in [4.78, 5) is 24.3. The van der Waals surface area contributed by atoms with Gasteiger partial charge in [0.15, 0.2) is 0 Å². The highest BCUT2D eigenvalue weighted by atomic mass is 16.4. The van der Waals surface area contributed by atoms with Gasteiger partial charge >= 0.3 is 5.97 Å². The lowest BCUT2D eigenvalue weighted by molar-refractivity contribution is -0.137. The predicted octanol–water partition coefficient (Wildman–Crippen LogP) is 1.72. The third kappa shape index (κ3) is 2.59. The highest BCUT2D eigenvalue weighted by Crippen LogP contribution is 2.21. The predicted molar refractivity (Wildman–Crippen MR) is 72.1 cm³/mol. The van der Waals surface area contributed by atoms with Crippen LogP contribution in [0.1, 0.15) is 16.8 Å². The van der Waals surface area contributed by atoms with E-state index in [1.165, 1.54) is 4.90 Å². The van der Waals surface area contributed by atoms with Crippen LogP contribution in [0.25, 0.3) is 10.9 Å². The van der Waals surface area contributed by atoms with E-state index < -0.39 is 5.97 Å². The van der Waals surface area contributed by atoms with Crippen LogP contribution in [0.5, 0.6) is 0 Å². The minimum absolute atomic E-state index is 0.0486. The number of rotatable bonds is 4. The molecule has 0 aliphatic rings. The number of carboxylic acid groups (broad SMARTS) is 1. The lowest BCUT2D eigenvalue weighted by Gasteiger charge is -2.15. The normalized spacial score (nSPS) is 10.6. The molecule has 0 aliphatic carbocycles. The lowest BCUT2D eigenvalue weighted by atomic mass is 10.1. The molecule has 0 atom stereocenters. The zero-order chi connectivity index (χ0) is 14.0. The molecule has 19 heavy (non-hydrogen) atoms. The lowest BCUT2D eigenvalue weighted by Crippen LogP contribution is -2.28. The van der Waals surface area contributed by atoms with E-state index in [1.807, 2.05) is 35.9 Å². The SMILES string of the molecule is CN(CCC(=O)O)C(=O)c1cn(C)c2ccccc12. The molecule has 0 bridgehead atoms. The van der Waals surface area contributed by atoms with Crippen molar-refractivity contribution in [2.45, 2.75) is 6.42 Å². The third-order valence-corrected chi connectivity index (χ3v) is 3.14. The van der Waals surface area contributed by atoms with Gasteiger partial charge in [-0.15, -0.1) is 0 Å². The summed E-state index contributed by atoms with van der Waals surface area (Å²) in [5.74, 6) is -1.06. The topological polar surface area (TPSA) is 62.5 Å². The molecule has 5 nitrogen and oxygen atoms in total. The molecule has 0 saturated carbocycles. The first-order valence-electron chi connectivity index (χ1n) is 6.02. The maximum Gasteiger partial charge on any atom is 0.305 e. The Kier molecular flexibility index (Phi) is 3.55. The van der Waals surface area contributed by atoms with Gasteiger partial charge in [-0.25, -0.2) is 0 Å². The maximum absolute atomic E-state index is 12.3. The molecule has 1 aromatic heterocycles. The van der Waals surface area contributed by atoms with E-state index in [2.05, 4.69) is 0 Å². The van der Waals surface area contributed by atoms with Crippen molar-refractivity contribution in [1.82, 2.24) is 9.47 Å². The molecule has 0 spiro atoms. The summed E-state index contributed by atoms with van der Waals surface area (Å²) in [6, 6.07) is 7.65. The molecule has 0 saturated heterocycles. The number of carbonyl (C=O) groups excluding carboxylic acids is 1. The average Bonchev–Trinajstić information content (AvgIpc) is 2.73. The quantitative estimate of drug-likeness (QED) is 0.910. The molecule has 0 radical (unpaired) electrons. The van der Waals surface area contributed by atoms with Gasteiger partial charge in [-0.1, -0.05) is 18.2 Å². The van der Waals surface area contributed by atoms with Crippen molar-refractivity contribution in [2.75, 3.05) is 13.6 Å². The van der Waals surface area contributed by atoms with Crippen LogP contribution in [-0.2, 0) is 11.8 Å². The van der Waals surface area contributed by atoms with E-state index in [1.54, 1.807) is 13.2 Å². The smallest absolute Gasteiger partial charge is 0.305 e. The van der Waals surface area contributed by atoms with Crippen LogP contribution in [0, 0.1) is 0 Å². The molecule has 2 rings (SSSR count). The van der Waals surface area contributed by atoms with Crippen molar-refractivity contribution in [3.05, 3.63) is 36.0 Å². The fraction of sp³-hybridized carbons (Fsp3) is 0.286. The number of hydrogen-bond acceptors (Lipinski definition) is 2. The molecule has 5 heteroatoms. The largest absolute Gasteiger partial charge is 0.481 e. The van der Waals surface area contributed by atoms with Crippen LogP contribution < -0.4 is 0 Å². The number of hydrogen-bond donors (Lipinski definition) is 1. The summed E-state index contributed by atoms with van der Waals surface area (Å²) in [6.07, 6.45) is 1.73. The van der Waals surface area contributed by atoms with Gasteiger partial charge < -0.3 is 14.6 Å². The zero-order valence-electron chi connectivity index (χ0n) is 11.0. The van der Waals surface area contributed by atoms with Crippen LogP contribution in [0.15, 0.2) is 30.5 Å². The molecule has 1 N–H and O–H groups in total. The number of carboxylic acids is 1. The van der Waals surface area contributed by atoms with Crippen molar-refractivity contribution in [2.24, 2.45) is 7.05 Å². The summed E-state index contributed by atoms with van der Waals surface area (Å²) < 4.78 is 1.90. The Balaban J connectivity index is 2.29. The van der Waals surface area contributed by atoms with Gasteiger partial charge in [0.1, 0.15) is 0 Å². The van der Waals surface area contributed by atoms with Crippen molar-refractivity contribution in [1.29, 1.82) is 0 Å². The summed E-state index contributed by atoms with van der Waals surface area (Å²) in [5, 5.41) is 9.53. The minimum atomic E-state index is -0.905. The molecule has 1 aromatic carbocycles. The van der Waals surface area contributed by atoms with E-state index >= 15 is 0 Å². The molecular weight excluding hydrogens is 244 g/mol. The van der Waals surface area contributed by atoms with Crippen molar-refractivity contribution in [3.63, 3.8) is 0 Å². The summed E-state index contributed by atoms with van der Waals surface area (Å²) in [5.41, 5.74) is 1.59. The first-order chi connectivity index (χ1) is 9.00. The molecule has 0 aliphatic heterocycles. The summed E-state index contributed by atoms with van der Waals surface area (Å²) in [7, 11) is 3.50. The van der Waals surface area contributed by atoms with Crippen molar-refractivity contribution in [3.8, 4) is 0 Å². The fourth-order valence-electron chi connectivity index (χ4n) is 2.08. The van der Waals surface area contributed by atoms with Gasteiger partial charge in [-0.3, -0.25) is 9.59 Å². The maximum atomic E-state index is 12.3. The highest BCUT2D eigenvalue weighted by molar-refractivity contribution is 6.06. The van der Waals surface area contributed by atoms with Crippen molar-refractivity contribution < 1.29 is 14.7 Å². The van der Waals surface area contributed by atoms with Gasteiger partial charge in [-0.2, -0.15) is 0 Å². The van der Waals surface area contributed by atoms with Gasteiger partial charge in [-0.05, 0) is 6.07 Å². The molecule has 1 amide bonds. The van der Waals surface area contributed by atoms with Gasteiger partial charge in [0, 0.05) is 37.7 Å². The number of amides is 1. The Morgan fingerprint density at radius 2 is 2.00 bits per heavy atom. The van der Waals surface area contributed by atoms with Gasteiger partial charge in [0.05, 0.1) is 12.0 Å². The molecule has 2 aromatic rings. The number of para-hydroxylation sites is 1. The van der Waals surface area contributed by atoms with Crippen LogP contribution in [0.3, 0.4) is 0 Å². The summed E-state index contributed by atoms with van der Waals surface area (Å²) in [6.45, 7) is 0.206. The Hall–Kier alpha value is -2.30. The van der Waals surface area contributed by atoms with Crippen LogP contribution in [0.2, 0.25) is 0 Å². The molecule has 0 fully saturated rings. The van der Waals surface area contributed by atoms with Crippen LogP contribution in [-0.4, -0.2) is 40.0 Å². The Bertz CT molecular complexity index is 631. The van der Waals surface area contributed by atoms with E-state index in [0.29, 0.717) is 5.56 Å². The highest BCUT2D eigenvalue weighted by Gasteiger charge is 2.17. The van der Waals surface area contributed by atoms with Crippen LogP contribution in [0.4, 0.5) is 0 Å². The number of fused-ring (bicyclic) bond motifs is 1. The van der Waals surface area contributed by atoms with Crippen molar-refractivity contribution >= 4 is 22.8 Å². The first kappa shape index (κ1) is 13.1. The molecule has 0 unspecified atom stereocenters. The standard InChI is InChI=1S/C14H16N2O3/c1-15(8-7-13(17)18)14(19)11-9-16(2)12-6-4-3-5-10(11)12/h3-6,9H,7-8H2,1-2H3,(H,17,18). The second kappa shape index (κ2) is 5.14. The molecule has 100 valence electrons. The van der Waals surface area contributed by atoms with E-state index in [4.69, 9.17) is 5.11 Å². The Morgan fingerprint density at radius 3 is 2.68 bits per heavy atom. The van der Waals surface area contributed by atoms with Gasteiger partial charge in [0.25, 0.3) is 5.91 Å². The number of nitrogens with zero attached hydrogens (tertiary/aromatic N) is 2. The third-order valence-electron chi connectivity index (χ3n) is 3.14. The van der Waals surface area contributed by atoms with Crippen LogP contribution >= 0.6 is 0 Å². The monoisotopic (exact) mass is 260 g/mol. The summed E-state index contributed by atoms with van der Waals surface area (Å²) >= 11 is 0. The van der Waals surface area contributed by atoms with Gasteiger partial charge in [0.2, 0.25) is 0 Å². The molecule has 1 heterocycles. The van der Waals surface area contributed by atoms with E-state index in [-0.39, 0.29) is 18.9 Å². The second-order valence-electron chi connectivity index (χ2n) is 4.54. The minimum Gasteiger partial charge on any atom is -0.481 e. The Morgan fingerprint density at radius 1 is 1.32 bits per heavy atom. The Labute approximate surface area is 111 Å². The number of benzene rings is 1. The first-order valence-corrected chi connectivity index (χ1v) is 6.02. The zero-order valence-corrected chi connectivity index (χ0v) is 11.0. The average molecular weight is 260 g/mol. The number of aryl methyl sites for hydroxylation is 1. The van der Waals surface area contributed by atoms with E-state index in [9.17, 15) is 9.59 Å². The van der Waals surface area contributed by atoms with E-state index in [0.717, 1.165) is 10.9 Å². The number of aromatic nitrogens is 1. The second-order valence-corrected chi connectivity index (χ2v) is 4.54. The number of carbonyl (C=O) groups is 2.